The third kappa shape index (κ3) is 1.23. The monoisotopic (exact) mass is 408 g/mol. The van der Waals surface area contributed by atoms with Crippen molar-refractivity contribution in [1.29, 1.82) is 0 Å². The predicted octanol–water partition coefficient (Wildman–Crippen LogP) is 5.98. The average molecular weight is 409 g/mol. The first kappa shape index (κ1) is 16.5. The van der Waals surface area contributed by atoms with E-state index in [1.807, 2.05) is 0 Å². The van der Waals surface area contributed by atoms with E-state index >= 15 is 0 Å². The van der Waals surface area contributed by atoms with Gasteiger partial charge in [-0.25, -0.2) is 0 Å². The minimum Gasteiger partial charge on any atom is -0.0620 e. The molecule has 32 heavy (non-hydrogen) atoms. The maximum atomic E-state index is 2.49. The molecule has 0 spiro atoms. The maximum Gasteiger partial charge on any atom is 0.0214 e. The summed E-state index contributed by atoms with van der Waals surface area (Å²) in [5.41, 5.74) is 13.6. The first-order valence-electron chi connectivity index (χ1n) is 12.1. The highest BCUT2D eigenvalue weighted by molar-refractivity contribution is 5.81. The van der Waals surface area contributed by atoms with Crippen molar-refractivity contribution in [2.75, 3.05) is 0 Å². The van der Waals surface area contributed by atoms with E-state index in [1.165, 1.54) is 25.7 Å². The lowest BCUT2D eigenvalue weighted by Crippen LogP contribution is -2.82. The van der Waals surface area contributed by atoms with Gasteiger partial charge in [0.05, 0.1) is 0 Å². The molecule has 0 aliphatic heterocycles. The second-order valence-corrected chi connectivity index (χ2v) is 11.0. The molecule has 4 aromatic carbocycles. The molecule has 9 rings (SSSR count). The number of fused-ring (bicyclic) bond motifs is 4. The first-order valence-corrected chi connectivity index (χ1v) is 12.1. The van der Waals surface area contributed by atoms with E-state index in [2.05, 4.69) is 97.1 Å². The van der Waals surface area contributed by atoms with Gasteiger partial charge in [-0.3, -0.25) is 0 Å². The fraction of sp³-hybridized carbons (Fsp3) is 0.250. The van der Waals surface area contributed by atoms with Crippen molar-refractivity contribution >= 4 is 0 Å². The van der Waals surface area contributed by atoms with Gasteiger partial charge in [-0.2, -0.15) is 0 Å². The standard InChI is InChI=1S/C32H24/c1-5-13-25-21(9-1)17-29-26-14-6-2-10-22(26)18-30(25,29)32-20-24-12-3-7-15-27(24)31(29,32)19-23-11-4-8-16-28(23)32/h1-16H,17-20H2. The molecule has 0 amide bonds. The zero-order valence-corrected chi connectivity index (χ0v) is 18.1. The molecule has 0 N–H and O–H groups in total. The number of hydrogen-bond acceptors (Lipinski definition) is 0. The van der Waals surface area contributed by atoms with Crippen LogP contribution in [0.5, 0.6) is 0 Å². The van der Waals surface area contributed by atoms with Crippen LogP contribution in [0.1, 0.15) is 44.5 Å². The van der Waals surface area contributed by atoms with Crippen molar-refractivity contribution in [3.8, 4) is 0 Å². The van der Waals surface area contributed by atoms with Crippen molar-refractivity contribution < 1.29 is 0 Å². The third-order valence-corrected chi connectivity index (χ3v) is 10.6. The minimum atomic E-state index is 0.159. The lowest BCUT2D eigenvalue weighted by Gasteiger charge is -2.75. The molecule has 5 aliphatic rings. The summed E-state index contributed by atoms with van der Waals surface area (Å²) in [5.74, 6) is 0. The van der Waals surface area contributed by atoms with Crippen LogP contribution in [0.25, 0.3) is 0 Å². The molecule has 0 unspecified atom stereocenters. The van der Waals surface area contributed by atoms with Gasteiger partial charge in [0.2, 0.25) is 0 Å². The molecule has 1 saturated carbocycles. The van der Waals surface area contributed by atoms with Gasteiger partial charge >= 0.3 is 0 Å². The van der Waals surface area contributed by atoms with Crippen molar-refractivity contribution in [2.45, 2.75) is 47.3 Å². The Labute approximate surface area is 188 Å². The highest BCUT2D eigenvalue weighted by Crippen LogP contribution is 2.90. The Morgan fingerprint density at radius 3 is 0.781 bits per heavy atom. The zero-order valence-electron chi connectivity index (χ0n) is 18.1. The van der Waals surface area contributed by atoms with E-state index in [1.54, 1.807) is 44.5 Å². The van der Waals surface area contributed by atoms with Crippen LogP contribution in [0.3, 0.4) is 0 Å². The fourth-order valence-electron chi connectivity index (χ4n) is 10.3. The normalized spacial score (nSPS) is 35.5. The van der Waals surface area contributed by atoms with Crippen LogP contribution in [0, 0.1) is 0 Å². The van der Waals surface area contributed by atoms with Gasteiger partial charge < -0.3 is 0 Å². The Hall–Kier alpha value is -3.12. The second kappa shape index (κ2) is 4.79. The lowest BCUT2D eigenvalue weighted by molar-refractivity contribution is -0.108. The van der Waals surface area contributed by atoms with Gasteiger partial charge in [0.1, 0.15) is 0 Å². The van der Waals surface area contributed by atoms with Gasteiger partial charge in [0.25, 0.3) is 0 Å². The van der Waals surface area contributed by atoms with Crippen molar-refractivity contribution in [3.63, 3.8) is 0 Å². The van der Waals surface area contributed by atoms with Gasteiger partial charge in [-0.15, -0.1) is 0 Å². The Bertz CT molecular complexity index is 1260. The van der Waals surface area contributed by atoms with Gasteiger partial charge in [0.15, 0.2) is 0 Å². The van der Waals surface area contributed by atoms with Crippen LogP contribution in [0.15, 0.2) is 97.1 Å². The van der Waals surface area contributed by atoms with Crippen molar-refractivity contribution in [1.82, 2.24) is 0 Å². The van der Waals surface area contributed by atoms with E-state index in [-0.39, 0.29) is 21.7 Å². The summed E-state index contributed by atoms with van der Waals surface area (Å²) >= 11 is 0. The molecule has 0 atom stereocenters. The smallest absolute Gasteiger partial charge is 0.0214 e. The summed E-state index contributed by atoms with van der Waals surface area (Å²) in [6.45, 7) is 0. The molecule has 152 valence electrons. The zero-order chi connectivity index (χ0) is 20.8. The number of benzene rings is 4. The van der Waals surface area contributed by atoms with E-state index in [9.17, 15) is 0 Å². The van der Waals surface area contributed by atoms with E-state index in [4.69, 9.17) is 0 Å². The molecule has 0 aromatic heterocycles. The van der Waals surface area contributed by atoms with E-state index in [0.717, 1.165) is 0 Å². The lowest BCUT2D eigenvalue weighted by atomic mass is 9.25. The van der Waals surface area contributed by atoms with Crippen molar-refractivity contribution in [2.24, 2.45) is 0 Å². The molecule has 0 heterocycles. The first-order chi connectivity index (χ1) is 15.8. The topological polar surface area (TPSA) is 0 Å². The van der Waals surface area contributed by atoms with Gasteiger partial charge in [0, 0.05) is 21.7 Å². The van der Waals surface area contributed by atoms with Crippen LogP contribution in [0.2, 0.25) is 0 Å². The molecule has 0 radical (unpaired) electrons. The Balaban J connectivity index is 1.52. The minimum absolute atomic E-state index is 0.159. The average Bonchev–Trinajstić information content (AvgIpc) is 3.44. The molecule has 4 aromatic rings. The van der Waals surface area contributed by atoms with Crippen molar-refractivity contribution in [3.05, 3.63) is 142 Å². The van der Waals surface area contributed by atoms with Crippen LogP contribution >= 0.6 is 0 Å². The molecule has 0 nitrogen and oxygen atoms in total. The second-order valence-electron chi connectivity index (χ2n) is 11.0. The summed E-state index contributed by atoms with van der Waals surface area (Å²) in [5, 5.41) is 0. The van der Waals surface area contributed by atoms with E-state index in [0.29, 0.717) is 0 Å². The molecular weight excluding hydrogens is 384 g/mol. The Morgan fingerprint density at radius 2 is 0.531 bits per heavy atom. The summed E-state index contributed by atoms with van der Waals surface area (Å²) in [7, 11) is 0. The van der Waals surface area contributed by atoms with Crippen LogP contribution < -0.4 is 0 Å². The maximum absolute atomic E-state index is 2.49. The summed E-state index contributed by atoms with van der Waals surface area (Å²) in [4.78, 5) is 0. The molecule has 0 bridgehead atoms. The number of hydrogen-bond donors (Lipinski definition) is 0. The van der Waals surface area contributed by atoms with Crippen LogP contribution in [-0.2, 0) is 47.3 Å². The quantitative estimate of drug-likeness (QED) is 0.336. The Kier molecular flexibility index (Phi) is 2.47. The van der Waals surface area contributed by atoms with Gasteiger partial charge in [-0.05, 0) is 70.2 Å². The van der Waals surface area contributed by atoms with Gasteiger partial charge in [-0.1, -0.05) is 97.1 Å². The third-order valence-electron chi connectivity index (χ3n) is 10.6. The molecule has 0 heteroatoms. The highest BCUT2D eigenvalue weighted by Gasteiger charge is 2.94. The predicted molar refractivity (Wildman–Crippen MR) is 127 cm³/mol. The fourth-order valence-corrected chi connectivity index (χ4v) is 10.3. The molecule has 1 fully saturated rings. The van der Waals surface area contributed by atoms with Crippen LogP contribution in [-0.4, -0.2) is 0 Å². The van der Waals surface area contributed by atoms with Crippen LogP contribution in [0.4, 0.5) is 0 Å². The number of rotatable bonds is 0. The summed E-state index contributed by atoms with van der Waals surface area (Å²) in [6.07, 6.45) is 4.74. The molecule has 0 saturated heterocycles. The molecular formula is C32H24. The highest BCUT2D eigenvalue weighted by atomic mass is 14.9. The SMILES string of the molecule is c1ccc2c(c1)CC13c4ccccc4CC21C12Cc4ccccc4C31Cc1ccccc12. The summed E-state index contributed by atoms with van der Waals surface area (Å²) < 4.78 is 0. The molecule has 5 aliphatic carbocycles. The summed E-state index contributed by atoms with van der Waals surface area (Å²) in [6, 6.07) is 37.9. The van der Waals surface area contributed by atoms with E-state index < -0.39 is 0 Å². The Morgan fingerprint density at radius 1 is 0.312 bits per heavy atom. The largest absolute Gasteiger partial charge is 0.0620 e.